The minimum atomic E-state index is 0.0831. The third-order valence-electron chi connectivity index (χ3n) is 4.61. The lowest BCUT2D eigenvalue weighted by Gasteiger charge is -2.33. The van der Waals surface area contributed by atoms with Crippen molar-refractivity contribution in [3.63, 3.8) is 0 Å². The average Bonchev–Trinajstić information content (AvgIpc) is 3.13. The second-order valence-corrected chi connectivity index (χ2v) is 7.42. The SMILES string of the molecule is CC(N)C1CCN(C(=O)c2cccc(OCc3cccs3)c2)CC1. The maximum absolute atomic E-state index is 12.7. The molecular formula is C19H24N2O2S. The Balaban J connectivity index is 1.60. The third-order valence-corrected chi connectivity index (χ3v) is 5.46. The van der Waals surface area contributed by atoms with Crippen LogP contribution in [0.1, 0.15) is 35.0 Å². The second-order valence-electron chi connectivity index (χ2n) is 6.38. The van der Waals surface area contributed by atoms with Crippen molar-refractivity contribution in [2.45, 2.75) is 32.4 Å². The average molecular weight is 344 g/mol. The van der Waals surface area contributed by atoms with E-state index < -0.39 is 0 Å². The maximum Gasteiger partial charge on any atom is 0.253 e. The van der Waals surface area contributed by atoms with E-state index in [9.17, 15) is 4.79 Å². The summed E-state index contributed by atoms with van der Waals surface area (Å²) in [5.74, 6) is 1.34. The number of nitrogens with two attached hydrogens (primary N) is 1. The summed E-state index contributed by atoms with van der Waals surface area (Å²) in [4.78, 5) is 15.8. The van der Waals surface area contributed by atoms with Crippen LogP contribution in [0.2, 0.25) is 0 Å². The van der Waals surface area contributed by atoms with Crippen molar-refractivity contribution in [1.82, 2.24) is 4.90 Å². The highest BCUT2D eigenvalue weighted by Crippen LogP contribution is 2.23. The molecule has 2 heterocycles. The molecule has 1 aromatic carbocycles. The lowest BCUT2D eigenvalue weighted by Crippen LogP contribution is -2.42. The number of benzene rings is 1. The van der Waals surface area contributed by atoms with Crippen LogP contribution >= 0.6 is 11.3 Å². The Morgan fingerprint density at radius 2 is 2.12 bits per heavy atom. The molecule has 1 amide bonds. The van der Waals surface area contributed by atoms with Crippen molar-refractivity contribution in [3.8, 4) is 5.75 Å². The second kappa shape index (κ2) is 7.81. The molecule has 5 heteroatoms. The fraction of sp³-hybridized carbons (Fsp3) is 0.421. The number of amides is 1. The number of ether oxygens (including phenoxy) is 1. The van der Waals surface area contributed by atoms with Gasteiger partial charge in [0.2, 0.25) is 0 Å². The van der Waals surface area contributed by atoms with Crippen molar-refractivity contribution in [1.29, 1.82) is 0 Å². The molecule has 0 aliphatic carbocycles. The highest BCUT2D eigenvalue weighted by molar-refractivity contribution is 7.09. The summed E-state index contributed by atoms with van der Waals surface area (Å²) in [6, 6.07) is 11.7. The molecule has 3 rings (SSSR count). The Morgan fingerprint density at radius 1 is 1.33 bits per heavy atom. The zero-order valence-corrected chi connectivity index (χ0v) is 14.8. The van der Waals surface area contributed by atoms with Gasteiger partial charge in [-0.3, -0.25) is 4.79 Å². The first-order valence-electron chi connectivity index (χ1n) is 8.43. The lowest BCUT2D eigenvalue weighted by molar-refractivity contribution is 0.0680. The van der Waals surface area contributed by atoms with Gasteiger partial charge in [-0.15, -0.1) is 11.3 Å². The first-order valence-corrected chi connectivity index (χ1v) is 9.31. The largest absolute Gasteiger partial charge is 0.488 e. The summed E-state index contributed by atoms with van der Waals surface area (Å²) in [6.45, 7) is 4.16. The van der Waals surface area contributed by atoms with Crippen LogP contribution in [0.3, 0.4) is 0 Å². The highest BCUT2D eigenvalue weighted by atomic mass is 32.1. The number of hydrogen-bond acceptors (Lipinski definition) is 4. The molecule has 1 fully saturated rings. The van der Waals surface area contributed by atoms with Crippen LogP contribution in [0.4, 0.5) is 0 Å². The summed E-state index contributed by atoms with van der Waals surface area (Å²) in [7, 11) is 0. The van der Waals surface area contributed by atoms with E-state index >= 15 is 0 Å². The smallest absolute Gasteiger partial charge is 0.253 e. The first-order chi connectivity index (χ1) is 11.6. The van der Waals surface area contributed by atoms with Gasteiger partial charge in [0.15, 0.2) is 0 Å². The van der Waals surface area contributed by atoms with Crippen molar-refractivity contribution >= 4 is 17.2 Å². The van der Waals surface area contributed by atoms with Gasteiger partial charge in [0, 0.05) is 29.6 Å². The molecule has 0 spiro atoms. The third kappa shape index (κ3) is 4.16. The molecule has 1 aliphatic rings. The summed E-state index contributed by atoms with van der Waals surface area (Å²) in [5.41, 5.74) is 6.67. The molecule has 0 saturated carbocycles. The molecule has 1 atom stereocenters. The molecule has 128 valence electrons. The summed E-state index contributed by atoms with van der Waals surface area (Å²) >= 11 is 1.67. The molecule has 0 bridgehead atoms. The van der Waals surface area contributed by atoms with Gasteiger partial charge in [0.25, 0.3) is 5.91 Å². The molecule has 1 aromatic heterocycles. The number of rotatable bonds is 5. The Bertz CT molecular complexity index is 662. The molecular weight excluding hydrogens is 320 g/mol. The van der Waals surface area contributed by atoms with E-state index in [-0.39, 0.29) is 11.9 Å². The zero-order valence-electron chi connectivity index (χ0n) is 14.0. The molecule has 24 heavy (non-hydrogen) atoms. The monoisotopic (exact) mass is 344 g/mol. The van der Waals surface area contributed by atoms with Crippen LogP contribution in [0.15, 0.2) is 41.8 Å². The Kier molecular flexibility index (Phi) is 5.53. The van der Waals surface area contributed by atoms with E-state index in [1.165, 1.54) is 4.88 Å². The topological polar surface area (TPSA) is 55.6 Å². The van der Waals surface area contributed by atoms with Crippen molar-refractivity contribution in [3.05, 3.63) is 52.2 Å². The molecule has 1 aliphatic heterocycles. The Hall–Kier alpha value is -1.85. The summed E-state index contributed by atoms with van der Waals surface area (Å²) in [6.07, 6.45) is 1.97. The van der Waals surface area contributed by atoms with Gasteiger partial charge in [-0.2, -0.15) is 0 Å². The number of carbonyl (C=O) groups excluding carboxylic acids is 1. The minimum Gasteiger partial charge on any atom is -0.488 e. The summed E-state index contributed by atoms with van der Waals surface area (Å²) in [5, 5.41) is 2.03. The molecule has 2 aromatic rings. The molecule has 1 unspecified atom stereocenters. The van der Waals surface area contributed by atoms with E-state index in [1.807, 2.05) is 46.7 Å². The molecule has 4 nitrogen and oxygen atoms in total. The lowest BCUT2D eigenvalue weighted by atomic mass is 9.90. The van der Waals surface area contributed by atoms with Gasteiger partial charge in [0.1, 0.15) is 12.4 Å². The molecule has 1 saturated heterocycles. The molecule has 2 N–H and O–H groups in total. The van der Waals surface area contributed by atoms with Crippen molar-refractivity contribution in [2.75, 3.05) is 13.1 Å². The van der Waals surface area contributed by atoms with Crippen molar-refractivity contribution in [2.24, 2.45) is 11.7 Å². The van der Waals surface area contributed by atoms with Crippen molar-refractivity contribution < 1.29 is 9.53 Å². The van der Waals surface area contributed by atoms with Gasteiger partial charge in [-0.1, -0.05) is 12.1 Å². The quantitative estimate of drug-likeness (QED) is 0.903. The van der Waals surface area contributed by atoms with Gasteiger partial charge in [-0.05, 0) is 55.3 Å². The van der Waals surface area contributed by atoms with E-state index in [4.69, 9.17) is 10.5 Å². The highest BCUT2D eigenvalue weighted by Gasteiger charge is 2.25. The van der Waals surface area contributed by atoms with Crippen LogP contribution < -0.4 is 10.5 Å². The number of carbonyl (C=O) groups is 1. The van der Waals surface area contributed by atoms with Crippen LogP contribution in [0.25, 0.3) is 0 Å². The number of piperidine rings is 1. The number of nitrogens with zero attached hydrogens (tertiary/aromatic N) is 1. The Morgan fingerprint density at radius 3 is 2.79 bits per heavy atom. The van der Waals surface area contributed by atoms with E-state index in [1.54, 1.807) is 11.3 Å². The minimum absolute atomic E-state index is 0.0831. The number of likely N-dealkylation sites (tertiary alicyclic amines) is 1. The maximum atomic E-state index is 12.7. The van der Waals surface area contributed by atoms with E-state index in [2.05, 4.69) is 6.92 Å². The predicted octanol–water partition coefficient (Wildman–Crippen LogP) is 3.53. The normalized spacial score (nSPS) is 16.8. The van der Waals surface area contributed by atoms with E-state index in [0.717, 1.165) is 31.7 Å². The first kappa shape index (κ1) is 17.0. The fourth-order valence-electron chi connectivity index (χ4n) is 3.08. The van der Waals surface area contributed by atoms with Crippen LogP contribution in [0.5, 0.6) is 5.75 Å². The van der Waals surface area contributed by atoms with Gasteiger partial charge in [0.05, 0.1) is 0 Å². The fourth-order valence-corrected chi connectivity index (χ4v) is 3.70. The van der Waals surface area contributed by atoms with Crippen LogP contribution in [-0.2, 0) is 6.61 Å². The predicted molar refractivity (Wildman–Crippen MR) is 97.4 cm³/mol. The standard InChI is InChI=1S/C19H24N2O2S/c1-14(20)15-7-9-21(10-8-15)19(22)16-4-2-5-17(12-16)23-13-18-6-3-11-24-18/h2-6,11-12,14-15H,7-10,13,20H2,1H3. The van der Waals surface area contributed by atoms with Crippen LogP contribution in [0, 0.1) is 5.92 Å². The zero-order chi connectivity index (χ0) is 16.9. The van der Waals surface area contributed by atoms with Gasteiger partial charge < -0.3 is 15.4 Å². The van der Waals surface area contributed by atoms with E-state index in [0.29, 0.717) is 18.1 Å². The summed E-state index contributed by atoms with van der Waals surface area (Å²) < 4.78 is 5.80. The number of hydrogen-bond donors (Lipinski definition) is 1. The Labute approximate surface area is 147 Å². The van der Waals surface area contributed by atoms with Crippen LogP contribution in [-0.4, -0.2) is 29.9 Å². The molecule has 0 radical (unpaired) electrons. The van der Waals surface area contributed by atoms with Gasteiger partial charge >= 0.3 is 0 Å². The number of thiophene rings is 1. The van der Waals surface area contributed by atoms with Gasteiger partial charge in [-0.25, -0.2) is 0 Å².